The average molecular weight is 330 g/mol. The molecule has 0 bridgehead atoms. The zero-order chi connectivity index (χ0) is 17.4. The summed E-state index contributed by atoms with van der Waals surface area (Å²) >= 11 is 0. The minimum Gasteiger partial charge on any atom is -0.481 e. The lowest BCUT2D eigenvalue weighted by molar-refractivity contribution is -0.315. The van der Waals surface area contributed by atoms with Gasteiger partial charge >= 0.3 is 5.97 Å². The number of hydrogen-bond acceptors (Lipinski definition) is 4. The molecule has 0 atom stereocenters. The van der Waals surface area contributed by atoms with Gasteiger partial charge in [0.25, 0.3) is 5.97 Å². The van der Waals surface area contributed by atoms with Crippen molar-refractivity contribution in [2.24, 2.45) is 0 Å². The predicted molar refractivity (Wildman–Crippen MR) is 90.8 cm³/mol. The number of carboxylic acids is 1. The van der Waals surface area contributed by atoms with Gasteiger partial charge in [-0.05, 0) is 38.5 Å². The Balaban J connectivity index is 3.15. The molecular formula is C18H34O5. The summed E-state index contributed by atoms with van der Waals surface area (Å²) in [5, 5.41) is 34.7. The van der Waals surface area contributed by atoms with Crippen molar-refractivity contribution >= 4 is 5.97 Å². The Morgan fingerprint density at radius 1 is 0.696 bits per heavy atom. The third-order valence-corrected chi connectivity index (χ3v) is 3.81. The number of aliphatic hydroxyl groups is 3. The highest BCUT2D eigenvalue weighted by Gasteiger charge is 2.16. The van der Waals surface area contributed by atoms with E-state index in [1.165, 1.54) is 19.3 Å². The van der Waals surface area contributed by atoms with Gasteiger partial charge in [-0.3, -0.25) is 4.79 Å². The van der Waals surface area contributed by atoms with Gasteiger partial charge in [-0.1, -0.05) is 50.7 Å². The number of unbranched alkanes of at least 4 members (excludes halogenated alkanes) is 10. The Kier molecular flexibility index (Phi) is 14.1. The van der Waals surface area contributed by atoms with Gasteiger partial charge in [0.15, 0.2) is 0 Å². The lowest BCUT2D eigenvalue weighted by Gasteiger charge is -2.12. The molecule has 5 nitrogen and oxygen atoms in total. The Morgan fingerprint density at radius 3 is 1.61 bits per heavy atom. The van der Waals surface area contributed by atoms with E-state index in [-0.39, 0.29) is 12.8 Å². The number of allylic oxidation sites excluding steroid dienone is 2. The van der Waals surface area contributed by atoms with E-state index >= 15 is 0 Å². The molecule has 0 aromatic carbocycles. The van der Waals surface area contributed by atoms with Gasteiger partial charge in [0, 0.05) is 12.8 Å². The fraction of sp³-hybridized carbons (Fsp3) is 0.833. The van der Waals surface area contributed by atoms with Crippen molar-refractivity contribution in [3.8, 4) is 0 Å². The number of carboxylic acid groups (broad SMARTS) is 1. The minimum atomic E-state index is -2.50. The molecule has 0 aliphatic carbocycles. The molecule has 4 N–H and O–H groups in total. The standard InChI is InChI=1S/C18H34O5/c19-17(20)15-13-11-9-7-5-3-1-2-4-6-8-10-12-14-16-18(21,22)23/h3,5,21-23H,1-2,4,6-16H2,(H,19,20). The maximum absolute atomic E-state index is 10.3. The van der Waals surface area contributed by atoms with E-state index in [1.807, 2.05) is 0 Å². The summed E-state index contributed by atoms with van der Waals surface area (Å²) in [5.74, 6) is -3.20. The predicted octanol–water partition coefficient (Wildman–Crippen LogP) is 3.72. The minimum absolute atomic E-state index is 0.0219. The first-order valence-electron chi connectivity index (χ1n) is 8.96. The summed E-state index contributed by atoms with van der Waals surface area (Å²) < 4.78 is 0. The molecule has 0 heterocycles. The maximum atomic E-state index is 10.3. The number of aliphatic carboxylic acids is 1. The molecule has 5 heteroatoms. The topological polar surface area (TPSA) is 98.0 Å². The fourth-order valence-electron chi connectivity index (χ4n) is 2.46. The summed E-state index contributed by atoms with van der Waals surface area (Å²) in [4.78, 5) is 10.3. The SMILES string of the molecule is O=C(O)CCCCCC=CCCCCCCCCCC(O)(O)O. The molecule has 0 saturated heterocycles. The van der Waals surface area contributed by atoms with Gasteiger partial charge in [-0.2, -0.15) is 0 Å². The molecule has 0 fully saturated rings. The molecule has 0 saturated carbocycles. The molecule has 0 aromatic rings. The number of hydrogen-bond donors (Lipinski definition) is 4. The average Bonchev–Trinajstić information content (AvgIpc) is 2.45. The number of carbonyl (C=O) groups is 1. The lowest BCUT2D eigenvalue weighted by Crippen LogP contribution is -2.26. The van der Waals surface area contributed by atoms with Crippen molar-refractivity contribution in [1.82, 2.24) is 0 Å². The Bertz CT molecular complexity index is 307. The fourth-order valence-corrected chi connectivity index (χ4v) is 2.46. The van der Waals surface area contributed by atoms with Crippen LogP contribution in [-0.4, -0.2) is 32.4 Å². The third kappa shape index (κ3) is 21.1. The van der Waals surface area contributed by atoms with Crippen LogP contribution in [-0.2, 0) is 4.79 Å². The third-order valence-electron chi connectivity index (χ3n) is 3.81. The zero-order valence-corrected chi connectivity index (χ0v) is 14.3. The van der Waals surface area contributed by atoms with E-state index in [9.17, 15) is 4.79 Å². The van der Waals surface area contributed by atoms with Crippen molar-refractivity contribution < 1.29 is 25.2 Å². The van der Waals surface area contributed by atoms with Gasteiger partial charge in [0.05, 0.1) is 0 Å². The smallest absolute Gasteiger partial charge is 0.303 e. The second-order valence-electron chi connectivity index (χ2n) is 6.25. The lowest BCUT2D eigenvalue weighted by atomic mass is 10.1. The summed E-state index contributed by atoms with van der Waals surface area (Å²) in [6, 6.07) is 0. The first-order valence-corrected chi connectivity index (χ1v) is 8.96. The van der Waals surface area contributed by atoms with E-state index in [0.717, 1.165) is 51.4 Å². The Morgan fingerprint density at radius 2 is 1.13 bits per heavy atom. The molecule has 0 rings (SSSR count). The van der Waals surface area contributed by atoms with Crippen LogP contribution in [0.2, 0.25) is 0 Å². The molecule has 0 aliphatic rings. The second kappa shape index (κ2) is 14.7. The summed E-state index contributed by atoms with van der Waals surface area (Å²) in [7, 11) is 0. The summed E-state index contributed by atoms with van der Waals surface area (Å²) in [5.41, 5.74) is 0. The van der Waals surface area contributed by atoms with E-state index in [1.54, 1.807) is 0 Å². The van der Waals surface area contributed by atoms with E-state index in [0.29, 0.717) is 6.42 Å². The molecule has 0 aromatic heterocycles. The monoisotopic (exact) mass is 330 g/mol. The Hall–Kier alpha value is -0.910. The summed E-state index contributed by atoms with van der Waals surface area (Å²) in [6.45, 7) is 0. The van der Waals surface area contributed by atoms with Crippen LogP contribution in [0.4, 0.5) is 0 Å². The van der Waals surface area contributed by atoms with Gasteiger partial charge < -0.3 is 20.4 Å². The Labute approximate surface area is 140 Å². The van der Waals surface area contributed by atoms with E-state index < -0.39 is 11.9 Å². The van der Waals surface area contributed by atoms with Crippen LogP contribution >= 0.6 is 0 Å². The van der Waals surface area contributed by atoms with Gasteiger partial charge in [-0.25, -0.2) is 0 Å². The molecule has 0 unspecified atom stereocenters. The summed E-state index contributed by atoms with van der Waals surface area (Å²) in [6.07, 6.45) is 17.1. The first kappa shape index (κ1) is 22.1. The molecule has 23 heavy (non-hydrogen) atoms. The highest BCUT2D eigenvalue weighted by atomic mass is 16.7. The largest absolute Gasteiger partial charge is 0.481 e. The van der Waals surface area contributed by atoms with E-state index in [2.05, 4.69) is 12.2 Å². The van der Waals surface area contributed by atoms with E-state index in [4.69, 9.17) is 20.4 Å². The number of rotatable bonds is 16. The quantitative estimate of drug-likeness (QED) is 0.196. The molecular weight excluding hydrogens is 296 g/mol. The van der Waals surface area contributed by atoms with Crippen molar-refractivity contribution in [2.75, 3.05) is 0 Å². The van der Waals surface area contributed by atoms with Gasteiger partial charge in [0.1, 0.15) is 0 Å². The zero-order valence-electron chi connectivity index (χ0n) is 14.3. The van der Waals surface area contributed by atoms with Gasteiger partial charge in [0.2, 0.25) is 0 Å². The van der Waals surface area contributed by atoms with Crippen LogP contribution < -0.4 is 0 Å². The molecule has 136 valence electrons. The second-order valence-corrected chi connectivity index (χ2v) is 6.25. The van der Waals surface area contributed by atoms with Crippen LogP contribution in [0.5, 0.6) is 0 Å². The molecule has 0 aliphatic heterocycles. The van der Waals surface area contributed by atoms with Gasteiger partial charge in [-0.15, -0.1) is 0 Å². The molecule has 0 amide bonds. The highest BCUT2D eigenvalue weighted by Crippen LogP contribution is 2.13. The van der Waals surface area contributed by atoms with Crippen molar-refractivity contribution in [1.29, 1.82) is 0 Å². The normalized spacial score (nSPS) is 12.1. The van der Waals surface area contributed by atoms with Crippen molar-refractivity contribution in [3.63, 3.8) is 0 Å². The van der Waals surface area contributed by atoms with Crippen LogP contribution in [0, 0.1) is 0 Å². The van der Waals surface area contributed by atoms with Crippen LogP contribution in [0.1, 0.15) is 89.9 Å². The van der Waals surface area contributed by atoms with Crippen molar-refractivity contribution in [3.05, 3.63) is 12.2 Å². The maximum Gasteiger partial charge on any atom is 0.303 e. The highest BCUT2D eigenvalue weighted by molar-refractivity contribution is 5.66. The molecule has 0 radical (unpaired) electrons. The van der Waals surface area contributed by atoms with Crippen LogP contribution in [0.3, 0.4) is 0 Å². The first-order chi connectivity index (χ1) is 10.9. The molecule has 0 spiro atoms. The van der Waals surface area contributed by atoms with Crippen molar-refractivity contribution in [2.45, 2.75) is 95.9 Å². The van der Waals surface area contributed by atoms with Crippen LogP contribution in [0.25, 0.3) is 0 Å². The van der Waals surface area contributed by atoms with Crippen LogP contribution in [0.15, 0.2) is 12.2 Å².